The van der Waals surface area contributed by atoms with Crippen LogP contribution in [0.25, 0.3) is 11.4 Å². The maximum absolute atomic E-state index is 13.5. The molecule has 0 saturated carbocycles. The summed E-state index contributed by atoms with van der Waals surface area (Å²) in [4.78, 5) is 13.5. The van der Waals surface area contributed by atoms with Crippen molar-refractivity contribution in [3.63, 3.8) is 0 Å². The van der Waals surface area contributed by atoms with Crippen molar-refractivity contribution in [2.24, 2.45) is 0 Å². The minimum Gasteiger partial charge on any atom is -0.497 e. The Hall–Kier alpha value is -3.58. The number of carbonyl (C=O) groups excluding carboxylic acids is 1. The molecule has 0 radical (unpaired) electrons. The van der Waals surface area contributed by atoms with Crippen LogP contribution in [0, 0.1) is 0 Å². The number of nitrogens with zero attached hydrogens (tertiary/aromatic N) is 3. The van der Waals surface area contributed by atoms with Crippen LogP contribution in [0.2, 0.25) is 0 Å². The third-order valence-corrected chi connectivity index (χ3v) is 7.18. The second kappa shape index (κ2) is 11.0. The number of methoxy groups -OCH3 is 1. The molecule has 6 nitrogen and oxygen atoms in total. The number of benzene rings is 3. The van der Waals surface area contributed by atoms with E-state index in [0.717, 1.165) is 17.0 Å². The molecule has 0 bridgehead atoms. The zero-order chi connectivity index (χ0) is 25.7. The van der Waals surface area contributed by atoms with Crippen LogP contribution in [0.1, 0.15) is 44.1 Å². The van der Waals surface area contributed by atoms with Crippen LogP contribution in [-0.4, -0.2) is 27.8 Å². The summed E-state index contributed by atoms with van der Waals surface area (Å²) in [5.74, 6) is 1.34. The van der Waals surface area contributed by atoms with Crippen LogP contribution in [0.4, 0.5) is 5.69 Å². The largest absolute Gasteiger partial charge is 0.497 e. The number of anilines is 1. The van der Waals surface area contributed by atoms with E-state index in [0.29, 0.717) is 23.1 Å². The highest BCUT2D eigenvalue weighted by Gasteiger charge is 2.26. The van der Waals surface area contributed by atoms with Gasteiger partial charge in [0.25, 0.3) is 0 Å². The molecule has 4 aromatic rings. The first-order valence-corrected chi connectivity index (χ1v) is 12.9. The molecule has 1 amide bonds. The van der Waals surface area contributed by atoms with Crippen molar-refractivity contribution in [3.05, 3.63) is 90.0 Å². The normalized spacial score (nSPS) is 12.2. The predicted molar refractivity (Wildman–Crippen MR) is 146 cm³/mol. The van der Waals surface area contributed by atoms with Crippen LogP contribution < -0.4 is 10.1 Å². The number of amides is 1. The third kappa shape index (κ3) is 5.79. The molecule has 4 rings (SSSR count). The lowest BCUT2D eigenvalue weighted by atomic mass is 9.87. The van der Waals surface area contributed by atoms with Gasteiger partial charge in [0, 0.05) is 23.9 Å². The molecule has 186 valence electrons. The van der Waals surface area contributed by atoms with Gasteiger partial charge >= 0.3 is 0 Å². The highest BCUT2D eigenvalue weighted by Crippen LogP contribution is 2.37. The molecule has 3 aromatic carbocycles. The molecule has 0 aliphatic carbocycles. The summed E-state index contributed by atoms with van der Waals surface area (Å²) in [6.45, 7) is 9.35. The van der Waals surface area contributed by atoms with Gasteiger partial charge in [0.05, 0.1) is 7.11 Å². The standard InChI is InChI=1S/C29H32N4O2S/c1-6-33-26(21-15-17-22(18-16-21)29(2,3)4)31-32-28(33)36-25(20-11-8-7-9-12-20)27(34)30-23-13-10-14-24(19-23)35-5/h7-19,25H,6H2,1-5H3,(H,30,34)/t25-/m1/s1. The van der Waals surface area contributed by atoms with Crippen LogP contribution in [0.5, 0.6) is 5.75 Å². The molecule has 1 aromatic heterocycles. The van der Waals surface area contributed by atoms with E-state index in [1.54, 1.807) is 13.2 Å². The van der Waals surface area contributed by atoms with Crippen LogP contribution >= 0.6 is 11.8 Å². The minimum absolute atomic E-state index is 0.0804. The van der Waals surface area contributed by atoms with Gasteiger partial charge in [-0.15, -0.1) is 10.2 Å². The topological polar surface area (TPSA) is 69.0 Å². The van der Waals surface area contributed by atoms with E-state index in [2.05, 4.69) is 72.0 Å². The van der Waals surface area contributed by atoms with Gasteiger partial charge in [-0.3, -0.25) is 4.79 Å². The Morgan fingerprint density at radius 1 is 1.00 bits per heavy atom. The quantitative estimate of drug-likeness (QED) is 0.271. The smallest absolute Gasteiger partial charge is 0.242 e. The highest BCUT2D eigenvalue weighted by atomic mass is 32.2. The van der Waals surface area contributed by atoms with E-state index in [1.807, 2.05) is 48.5 Å². The monoisotopic (exact) mass is 500 g/mol. The van der Waals surface area contributed by atoms with E-state index < -0.39 is 5.25 Å². The van der Waals surface area contributed by atoms with Crippen LogP contribution in [0.15, 0.2) is 84.0 Å². The average Bonchev–Trinajstić information content (AvgIpc) is 3.30. The SMILES string of the molecule is CCn1c(S[C@@H](C(=O)Nc2cccc(OC)c2)c2ccccc2)nnc1-c1ccc(C(C)(C)C)cc1. The summed E-state index contributed by atoms with van der Waals surface area (Å²) in [6.07, 6.45) is 0. The van der Waals surface area contributed by atoms with Crippen molar-refractivity contribution >= 4 is 23.4 Å². The van der Waals surface area contributed by atoms with Gasteiger partial charge in [-0.05, 0) is 35.6 Å². The summed E-state index contributed by atoms with van der Waals surface area (Å²) in [6, 6.07) is 25.6. The third-order valence-electron chi connectivity index (χ3n) is 5.94. The second-order valence-electron chi connectivity index (χ2n) is 9.51. The fraction of sp³-hybridized carbons (Fsp3) is 0.276. The molecule has 0 unspecified atom stereocenters. The zero-order valence-electron chi connectivity index (χ0n) is 21.4. The number of ether oxygens (including phenoxy) is 1. The molecular weight excluding hydrogens is 468 g/mol. The summed E-state index contributed by atoms with van der Waals surface area (Å²) in [7, 11) is 1.61. The number of hydrogen-bond acceptors (Lipinski definition) is 5. The van der Waals surface area contributed by atoms with Crippen molar-refractivity contribution in [3.8, 4) is 17.1 Å². The van der Waals surface area contributed by atoms with E-state index in [1.165, 1.54) is 17.3 Å². The molecule has 36 heavy (non-hydrogen) atoms. The number of thioether (sulfide) groups is 1. The Balaban J connectivity index is 1.64. The first-order valence-electron chi connectivity index (χ1n) is 12.0. The van der Waals surface area contributed by atoms with Crippen molar-refractivity contribution < 1.29 is 9.53 Å². The summed E-state index contributed by atoms with van der Waals surface area (Å²) in [5, 5.41) is 12.2. The maximum atomic E-state index is 13.5. The van der Waals surface area contributed by atoms with Gasteiger partial charge < -0.3 is 14.6 Å². The van der Waals surface area contributed by atoms with Crippen molar-refractivity contribution in [2.45, 2.75) is 50.1 Å². The lowest BCUT2D eigenvalue weighted by Crippen LogP contribution is -2.19. The number of rotatable bonds is 8. The molecule has 1 N–H and O–H groups in total. The Kier molecular flexibility index (Phi) is 7.79. The first-order chi connectivity index (χ1) is 17.3. The lowest BCUT2D eigenvalue weighted by molar-refractivity contribution is -0.115. The number of hydrogen-bond donors (Lipinski definition) is 1. The van der Waals surface area contributed by atoms with Crippen LogP contribution in [-0.2, 0) is 16.8 Å². The second-order valence-corrected chi connectivity index (χ2v) is 10.6. The number of carbonyl (C=O) groups is 1. The number of nitrogens with one attached hydrogen (secondary N) is 1. The Labute approximate surface area is 217 Å². The summed E-state index contributed by atoms with van der Waals surface area (Å²) < 4.78 is 7.36. The fourth-order valence-electron chi connectivity index (χ4n) is 3.91. The first kappa shape index (κ1) is 25.5. The van der Waals surface area contributed by atoms with E-state index in [9.17, 15) is 4.79 Å². The van der Waals surface area contributed by atoms with Crippen LogP contribution in [0.3, 0.4) is 0 Å². The van der Waals surface area contributed by atoms with Gasteiger partial charge in [0.15, 0.2) is 11.0 Å². The van der Waals surface area contributed by atoms with Crippen molar-refractivity contribution in [1.29, 1.82) is 0 Å². The molecular formula is C29H32N4O2S. The predicted octanol–water partition coefficient (Wildman–Crippen LogP) is 6.74. The van der Waals surface area contributed by atoms with E-state index >= 15 is 0 Å². The van der Waals surface area contributed by atoms with Gasteiger partial charge in [0.2, 0.25) is 5.91 Å². The molecule has 0 saturated heterocycles. The summed E-state index contributed by atoms with van der Waals surface area (Å²) in [5.41, 5.74) is 3.92. The molecule has 0 aliphatic heterocycles. The molecule has 0 spiro atoms. The van der Waals surface area contributed by atoms with E-state index in [-0.39, 0.29) is 11.3 Å². The Morgan fingerprint density at radius 2 is 1.72 bits per heavy atom. The average molecular weight is 501 g/mol. The van der Waals surface area contributed by atoms with Gasteiger partial charge in [-0.1, -0.05) is 93.2 Å². The molecule has 1 atom stereocenters. The fourth-order valence-corrected chi connectivity index (χ4v) is 5.01. The number of aromatic nitrogens is 3. The molecule has 7 heteroatoms. The highest BCUT2D eigenvalue weighted by molar-refractivity contribution is 8.00. The van der Waals surface area contributed by atoms with Crippen molar-refractivity contribution in [2.75, 3.05) is 12.4 Å². The lowest BCUT2D eigenvalue weighted by Gasteiger charge is -2.19. The minimum atomic E-state index is -0.511. The molecule has 0 fully saturated rings. The molecule has 1 heterocycles. The Morgan fingerprint density at radius 3 is 2.36 bits per heavy atom. The van der Waals surface area contributed by atoms with Crippen molar-refractivity contribution in [1.82, 2.24) is 14.8 Å². The van der Waals surface area contributed by atoms with Gasteiger partial charge in [0.1, 0.15) is 11.0 Å². The van der Waals surface area contributed by atoms with Gasteiger partial charge in [-0.2, -0.15) is 0 Å². The molecule has 0 aliphatic rings. The Bertz CT molecular complexity index is 1310. The zero-order valence-corrected chi connectivity index (χ0v) is 22.2. The maximum Gasteiger partial charge on any atom is 0.242 e. The van der Waals surface area contributed by atoms with Gasteiger partial charge in [-0.25, -0.2) is 0 Å². The summed E-state index contributed by atoms with van der Waals surface area (Å²) >= 11 is 1.40. The van der Waals surface area contributed by atoms with E-state index in [4.69, 9.17) is 4.74 Å².